The molecular weight excluding hydrogens is 283 g/mol. The number of aromatic nitrogens is 2. The van der Waals surface area contributed by atoms with Gasteiger partial charge in [-0.2, -0.15) is 0 Å². The summed E-state index contributed by atoms with van der Waals surface area (Å²) in [5, 5.41) is 5.23. The lowest BCUT2D eigenvalue weighted by molar-refractivity contribution is 0.252. The molecule has 2 N–H and O–H groups in total. The number of rotatable bonds is 5. The van der Waals surface area contributed by atoms with Gasteiger partial charge in [-0.3, -0.25) is 0 Å². The summed E-state index contributed by atoms with van der Waals surface area (Å²) in [6.07, 6.45) is 4.93. The second-order valence-electron chi connectivity index (χ2n) is 5.53. The SMILES string of the molecule is Cc1cnc(CCNC(=O)Nc2ccccc2F)n1C1CC1. The number of amides is 2. The van der Waals surface area contributed by atoms with Crippen LogP contribution in [0.15, 0.2) is 30.5 Å². The number of urea groups is 1. The third kappa shape index (κ3) is 3.27. The number of benzene rings is 1. The number of para-hydroxylation sites is 1. The molecule has 2 amide bonds. The molecule has 6 heteroatoms. The minimum Gasteiger partial charge on any atom is -0.337 e. The number of carbonyl (C=O) groups is 1. The predicted molar refractivity (Wildman–Crippen MR) is 82.4 cm³/mol. The Balaban J connectivity index is 1.51. The van der Waals surface area contributed by atoms with Crippen molar-refractivity contribution in [3.63, 3.8) is 0 Å². The molecule has 1 aromatic heterocycles. The molecule has 0 atom stereocenters. The maximum absolute atomic E-state index is 13.4. The Bertz CT molecular complexity index is 679. The number of imidazole rings is 1. The maximum Gasteiger partial charge on any atom is 0.319 e. The van der Waals surface area contributed by atoms with Crippen LogP contribution in [0.4, 0.5) is 14.9 Å². The first-order chi connectivity index (χ1) is 10.6. The van der Waals surface area contributed by atoms with Gasteiger partial charge in [0.2, 0.25) is 0 Å². The number of nitrogens with zero attached hydrogens (tertiary/aromatic N) is 2. The second-order valence-corrected chi connectivity index (χ2v) is 5.53. The van der Waals surface area contributed by atoms with Crippen LogP contribution in [-0.4, -0.2) is 22.1 Å². The summed E-state index contributed by atoms with van der Waals surface area (Å²) >= 11 is 0. The van der Waals surface area contributed by atoms with Crippen LogP contribution in [-0.2, 0) is 6.42 Å². The average Bonchev–Trinajstić information content (AvgIpc) is 3.26. The topological polar surface area (TPSA) is 59.0 Å². The Morgan fingerprint density at radius 3 is 2.91 bits per heavy atom. The lowest BCUT2D eigenvalue weighted by Crippen LogP contribution is -2.31. The fourth-order valence-corrected chi connectivity index (χ4v) is 2.53. The first kappa shape index (κ1) is 14.6. The summed E-state index contributed by atoms with van der Waals surface area (Å²) in [7, 11) is 0. The number of hydrogen-bond acceptors (Lipinski definition) is 2. The Kier molecular flexibility index (Phi) is 4.09. The van der Waals surface area contributed by atoms with Crippen LogP contribution >= 0.6 is 0 Å². The third-order valence-electron chi connectivity index (χ3n) is 3.73. The summed E-state index contributed by atoms with van der Waals surface area (Å²) < 4.78 is 15.7. The Morgan fingerprint density at radius 2 is 2.18 bits per heavy atom. The molecule has 1 saturated carbocycles. The molecule has 0 bridgehead atoms. The molecule has 0 saturated heterocycles. The molecule has 0 spiro atoms. The van der Waals surface area contributed by atoms with Gasteiger partial charge in [0, 0.05) is 30.9 Å². The predicted octanol–water partition coefficient (Wildman–Crippen LogP) is 3.03. The highest BCUT2D eigenvalue weighted by molar-refractivity contribution is 5.89. The maximum atomic E-state index is 13.4. The number of carbonyl (C=O) groups excluding carboxylic acids is 1. The van der Waals surface area contributed by atoms with Crippen LogP contribution in [0, 0.1) is 12.7 Å². The highest BCUT2D eigenvalue weighted by atomic mass is 19.1. The van der Waals surface area contributed by atoms with E-state index in [1.54, 1.807) is 12.1 Å². The van der Waals surface area contributed by atoms with Crippen LogP contribution in [0.3, 0.4) is 0 Å². The third-order valence-corrected chi connectivity index (χ3v) is 3.73. The molecule has 0 radical (unpaired) electrons. The van der Waals surface area contributed by atoms with Crippen LogP contribution in [0.25, 0.3) is 0 Å². The van der Waals surface area contributed by atoms with E-state index in [-0.39, 0.29) is 5.69 Å². The fourth-order valence-electron chi connectivity index (χ4n) is 2.53. The molecule has 3 rings (SSSR count). The molecule has 0 aliphatic heterocycles. The van der Waals surface area contributed by atoms with Crippen molar-refractivity contribution in [2.45, 2.75) is 32.2 Å². The Hall–Kier alpha value is -2.37. The van der Waals surface area contributed by atoms with E-state index in [9.17, 15) is 9.18 Å². The van der Waals surface area contributed by atoms with Gasteiger partial charge < -0.3 is 15.2 Å². The van der Waals surface area contributed by atoms with E-state index < -0.39 is 11.8 Å². The van der Waals surface area contributed by atoms with E-state index >= 15 is 0 Å². The van der Waals surface area contributed by atoms with Crippen molar-refractivity contribution in [1.82, 2.24) is 14.9 Å². The van der Waals surface area contributed by atoms with Gasteiger partial charge in [0.1, 0.15) is 11.6 Å². The van der Waals surface area contributed by atoms with Gasteiger partial charge in [-0.25, -0.2) is 14.2 Å². The summed E-state index contributed by atoms with van der Waals surface area (Å²) in [6.45, 7) is 2.51. The molecule has 0 unspecified atom stereocenters. The molecule has 1 aliphatic rings. The standard InChI is InChI=1S/C16H19FN4O/c1-11-10-19-15(21(11)12-6-7-12)8-9-18-16(22)20-14-5-3-2-4-13(14)17/h2-5,10,12H,6-9H2,1H3,(H2,18,20,22). The highest BCUT2D eigenvalue weighted by Crippen LogP contribution is 2.36. The Labute approximate surface area is 128 Å². The number of aryl methyl sites for hydroxylation is 1. The van der Waals surface area contributed by atoms with Gasteiger partial charge in [0.15, 0.2) is 0 Å². The first-order valence-electron chi connectivity index (χ1n) is 7.47. The quantitative estimate of drug-likeness (QED) is 0.892. The van der Waals surface area contributed by atoms with Crippen molar-refractivity contribution in [3.05, 3.63) is 47.8 Å². The van der Waals surface area contributed by atoms with Gasteiger partial charge in [-0.1, -0.05) is 12.1 Å². The molecule has 1 fully saturated rings. The van der Waals surface area contributed by atoms with Crippen LogP contribution in [0.5, 0.6) is 0 Å². The second kappa shape index (κ2) is 6.17. The van der Waals surface area contributed by atoms with Crippen LogP contribution < -0.4 is 10.6 Å². The van der Waals surface area contributed by atoms with Gasteiger partial charge >= 0.3 is 6.03 Å². The average molecular weight is 302 g/mol. The minimum absolute atomic E-state index is 0.176. The molecule has 1 aromatic carbocycles. The smallest absolute Gasteiger partial charge is 0.319 e. The van der Waals surface area contributed by atoms with E-state index in [1.807, 2.05) is 13.1 Å². The van der Waals surface area contributed by atoms with E-state index in [2.05, 4.69) is 20.2 Å². The number of anilines is 1. The molecule has 116 valence electrons. The van der Waals surface area contributed by atoms with Gasteiger partial charge in [-0.05, 0) is 31.9 Å². The summed E-state index contributed by atoms with van der Waals surface area (Å²) in [6, 6.07) is 6.26. The summed E-state index contributed by atoms with van der Waals surface area (Å²) in [5.41, 5.74) is 1.34. The number of halogens is 1. The van der Waals surface area contributed by atoms with Crippen molar-refractivity contribution in [2.75, 3.05) is 11.9 Å². The zero-order valence-corrected chi connectivity index (χ0v) is 12.5. The normalized spacial score (nSPS) is 13.9. The minimum atomic E-state index is -0.447. The zero-order valence-electron chi connectivity index (χ0n) is 12.5. The number of nitrogens with one attached hydrogen (secondary N) is 2. The van der Waals surface area contributed by atoms with Gasteiger partial charge in [-0.15, -0.1) is 0 Å². The van der Waals surface area contributed by atoms with E-state index in [4.69, 9.17) is 0 Å². The summed E-state index contributed by atoms with van der Waals surface area (Å²) in [4.78, 5) is 16.2. The zero-order chi connectivity index (χ0) is 15.5. The molecule has 2 aromatic rings. The molecular formula is C16H19FN4O. The Morgan fingerprint density at radius 1 is 1.41 bits per heavy atom. The van der Waals surface area contributed by atoms with Crippen molar-refractivity contribution < 1.29 is 9.18 Å². The lowest BCUT2D eigenvalue weighted by Gasteiger charge is -2.10. The van der Waals surface area contributed by atoms with Crippen LogP contribution in [0.2, 0.25) is 0 Å². The molecule has 1 aliphatic carbocycles. The van der Waals surface area contributed by atoms with Gasteiger partial charge in [0.05, 0.1) is 5.69 Å². The molecule has 22 heavy (non-hydrogen) atoms. The molecule has 5 nitrogen and oxygen atoms in total. The van der Waals surface area contributed by atoms with Gasteiger partial charge in [0.25, 0.3) is 0 Å². The summed E-state index contributed by atoms with van der Waals surface area (Å²) in [5.74, 6) is 0.545. The first-order valence-corrected chi connectivity index (χ1v) is 7.47. The van der Waals surface area contributed by atoms with Crippen molar-refractivity contribution >= 4 is 11.7 Å². The van der Waals surface area contributed by atoms with Crippen molar-refractivity contribution in [1.29, 1.82) is 0 Å². The largest absolute Gasteiger partial charge is 0.337 e. The van der Waals surface area contributed by atoms with Crippen molar-refractivity contribution in [3.8, 4) is 0 Å². The monoisotopic (exact) mass is 302 g/mol. The molecule has 1 heterocycles. The fraction of sp³-hybridized carbons (Fsp3) is 0.375. The number of hydrogen-bond donors (Lipinski definition) is 2. The van der Waals surface area contributed by atoms with E-state index in [0.717, 1.165) is 11.5 Å². The highest BCUT2D eigenvalue weighted by Gasteiger charge is 2.26. The van der Waals surface area contributed by atoms with E-state index in [0.29, 0.717) is 19.0 Å². The van der Waals surface area contributed by atoms with Crippen molar-refractivity contribution in [2.24, 2.45) is 0 Å². The lowest BCUT2D eigenvalue weighted by atomic mass is 10.3. The van der Waals surface area contributed by atoms with E-state index in [1.165, 1.54) is 25.0 Å². The van der Waals surface area contributed by atoms with Crippen LogP contribution in [0.1, 0.15) is 30.4 Å².